The Morgan fingerprint density at radius 1 is 1.35 bits per heavy atom. The van der Waals surface area contributed by atoms with Crippen molar-refractivity contribution in [2.75, 3.05) is 24.5 Å². The van der Waals surface area contributed by atoms with Gasteiger partial charge in [0.25, 0.3) is 5.91 Å². The van der Waals surface area contributed by atoms with Gasteiger partial charge in [-0.05, 0) is 36.8 Å². The summed E-state index contributed by atoms with van der Waals surface area (Å²) < 4.78 is 11.7. The van der Waals surface area contributed by atoms with Crippen molar-refractivity contribution < 1.29 is 14.3 Å². The van der Waals surface area contributed by atoms with Crippen LogP contribution in [0.15, 0.2) is 30.3 Å². The van der Waals surface area contributed by atoms with E-state index >= 15 is 0 Å². The Hall–Kier alpha value is -2.55. The monoisotopic (exact) mass is 392 g/mol. The van der Waals surface area contributed by atoms with Crippen LogP contribution in [0.25, 0.3) is 10.2 Å². The number of halogens is 1. The molecule has 0 atom stereocenters. The number of amides is 1. The molecule has 4 N–H and O–H groups in total. The summed E-state index contributed by atoms with van der Waals surface area (Å²) in [5.74, 6) is 6.24. The maximum absolute atomic E-state index is 12.2. The molecule has 1 aromatic heterocycles. The van der Waals surface area contributed by atoms with Crippen molar-refractivity contribution in [1.29, 1.82) is 0 Å². The normalized spacial score (nSPS) is 10.6. The van der Waals surface area contributed by atoms with Crippen molar-refractivity contribution in [1.82, 2.24) is 4.98 Å². The molecular formula is C17H17ClN4O3S. The molecule has 0 aliphatic carbocycles. The lowest BCUT2D eigenvalue weighted by molar-refractivity contribution is -0.118. The van der Waals surface area contributed by atoms with Gasteiger partial charge < -0.3 is 14.8 Å². The van der Waals surface area contributed by atoms with E-state index in [0.717, 1.165) is 10.3 Å². The zero-order chi connectivity index (χ0) is 18.7. The number of ether oxygens (including phenoxy) is 2. The number of hydrogen-bond acceptors (Lipinski definition) is 7. The minimum Gasteiger partial charge on any atom is -0.494 e. The Morgan fingerprint density at radius 2 is 2.15 bits per heavy atom. The minimum atomic E-state index is -0.291. The summed E-state index contributed by atoms with van der Waals surface area (Å²) in [4.78, 5) is 16.5. The van der Waals surface area contributed by atoms with Gasteiger partial charge in [-0.25, -0.2) is 10.8 Å². The van der Waals surface area contributed by atoms with Gasteiger partial charge in [-0.15, -0.1) is 0 Å². The molecular weight excluding hydrogens is 376 g/mol. The molecule has 26 heavy (non-hydrogen) atoms. The number of aryl methyl sites for hydroxylation is 1. The van der Waals surface area contributed by atoms with E-state index < -0.39 is 0 Å². The number of carbonyl (C=O) groups excluding carboxylic acids is 1. The average molecular weight is 393 g/mol. The number of methoxy groups -OCH3 is 1. The number of aromatic nitrogens is 1. The maximum atomic E-state index is 12.2. The molecule has 9 heteroatoms. The number of nitrogens with zero attached hydrogens (tertiary/aromatic N) is 1. The fourth-order valence-electron chi connectivity index (χ4n) is 2.34. The van der Waals surface area contributed by atoms with Gasteiger partial charge in [0.2, 0.25) is 0 Å². The third-order valence-electron chi connectivity index (χ3n) is 3.59. The Kier molecular flexibility index (Phi) is 5.46. The van der Waals surface area contributed by atoms with E-state index in [4.69, 9.17) is 26.9 Å². The highest BCUT2D eigenvalue weighted by atomic mass is 35.5. The number of nitrogens with one attached hydrogen (secondary N) is 2. The average Bonchev–Trinajstić information content (AvgIpc) is 3.05. The molecule has 0 saturated carbocycles. The highest BCUT2D eigenvalue weighted by Crippen LogP contribution is 2.35. The Balaban J connectivity index is 1.71. The van der Waals surface area contributed by atoms with E-state index in [9.17, 15) is 4.79 Å². The number of thiazole rings is 1. The number of hydrogen-bond donors (Lipinski definition) is 3. The number of fused-ring (bicyclic) bond motifs is 1. The van der Waals surface area contributed by atoms with Crippen LogP contribution < -0.4 is 26.1 Å². The van der Waals surface area contributed by atoms with E-state index in [-0.39, 0.29) is 12.5 Å². The van der Waals surface area contributed by atoms with Crippen LogP contribution in [0.3, 0.4) is 0 Å². The van der Waals surface area contributed by atoms with E-state index in [1.807, 2.05) is 6.92 Å². The van der Waals surface area contributed by atoms with Gasteiger partial charge in [0, 0.05) is 16.8 Å². The van der Waals surface area contributed by atoms with Crippen molar-refractivity contribution in [2.24, 2.45) is 5.84 Å². The molecule has 2 aromatic carbocycles. The lowest BCUT2D eigenvalue weighted by Gasteiger charge is -2.10. The predicted octanol–water partition coefficient (Wildman–Crippen LogP) is 3.57. The zero-order valence-electron chi connectivity index (χ0n) is 14.1. The Bertz CT molecular complexity index is 961. The molecule has 0 aliphatic heterocycles. The largest absolute Gasteiger partial charge is 0.494 e. The van der Waals surface area contributed by atoms with Gasteiger partial charge in [-0.2, -0.15) is 0 Å². The lowest BCUT2D eigenvalue weighted by Crippen LogP contribution is -2.20. The smallest absolute Gasteiger partial charge is 0.262 e. The van der Waals surface area contributed by atoms with Gasteiger partial charge in [-0.1, -0.05) is 22.9 Å². The molecule has 0 unspecified atom stereocenters. The van der Waals surface area contributed by atoms with Crippen LogP contribution in [0, 0.1) is 6.92 Å². The zero-order valence-corrected chi connectivity index (χ0v) is 15.7. The predicted molar refractivity (Wildman–Crippen MR) is 104 cm³/mol. The van der Waals surface area contributed by atoms with Crippen LogP contribution in [0.2, 0.25) is 5.02 Å². The number of nitrogen functional groups attached to an aromatic ring is 1. The van der Waals surface area contributed by atoms with Crippen molar-refractivity contribution in [3.63, 3.8) is 0 Å². The van der Waals surface area contributed by atoms with E-state index in [2.05, 4.69) is 15.7 Å². The molecule has 0 saturated heterocycles. The first-order valence-electron chi connectivity index (χ1n) is 7.64. The van der Waals surface area contributed by atoms with E-state index in [0.29, 0.717) is 32.9 Å². The second-order valence-electron chi connectivity index (χ2n) is 5.44. The summed E-state index contributed by atoms with van der Waals surface area (Å²) in [7, 11) is 1.54. The first kappa shape index (κ1) is 18.2. The van der Waals surface area contributed by atoms with Crippen LogP contribution in [0.5, 0.6) is 11.5 Å². The first-order chi connectivity index (χ1) is 12.5. The van der Waals surface area contributed by atoms with Crippen molar-refractivity contribution >= 4 is 49.9 Å². The van der Waals surface area contributed by atoms with Gasteiger partial charge in [0.1, 0.15) is 17.0 Å². The van der Waals surface area contributed by atoms with Crippen LogP contribution in [0.4, 0.5) is 10.8 Å². The number of hydrazine groups is 1. The third-order valence-corrected chi connectivity index (χ3v) is 4.94. The summed E-state index contributed by atoms with van der Waals surface area (Å²) in [5, 5.41) is 4.00. The Morgan fingerprint density at radius 3 is 2.85 bits per heavy atom. The molecule has 3 rings (SSSR count). The number of nitrogens with two attached hydrogens (primary N) is 1. The van der Waals surface area contributed by atoms with Gasteiger partial charge in [0.15, 0.2) is 11.7 Å². The Labute approximate surface area is 159 Å². The van der Waals surface area contributed by atoms with Gasteiger partial charge >= 0.3 is 0 Å². The number of anilines is 2. The fraction of sp³-hybridized carbons (Fsp3) is 0.176. The highest BCUT2D eigenvalue weighted by molar-refractivity contribution is 7.22. The molecule has 1 heterocycles. The van der Waals surface area contributed by atoms with Crippen molar-refractivity contribution in [2.45, 2.75) is 6.92 Å². The number of benzene rings is 2. The maximum Gasteiger partial charge on any atom is 0.262 e. The van der Waals surface area contributed by atoms with Gasteiger partial charge in [-0.3, -0.25) is 10.2 Å². The topological polar surface area (TPSA) is 98.5 Å². The summed E-state index contributed by atoms with van der Waals surface area (Å²) in [6, 6.07) is 8.74. The molecule has 136 valence electrons. The second-order valence-corrected chi connectivity index (χ2v) is 6.87. The van der Waals surface area contributed by atoms with E-state index in [1.54, 1.807) is 37.4 Å². The summed E-state index contributed by atoms with van der Waals surface area (Å²) in [6.45, 7) is 1.75. The summed E-state index contributed by atoms with van der Waals surface area (Å²) in [6.07, 6.45) is 0. The van der Waals surface area contributed by atoms with E-state index in [1.165, 1.54) is 11.3 Å². The first-order valence-corrected chi connectivity index (χ1v) is 8.83. The molecule has 0 fully saturated rings. The van der Waals surface area contributed by atoms with Gasteiger partial charge in [0.05, 0.1) is 11.8 Å². The highest BCUT2D eigenvalue weighted by Gasteiger charge is 2.12. The second kappa shape index (κ2) is 7.77. The van der Waals surface area contributed by atoms with Crippen LogP contribution in [-0.2, 0) is 4.79 Å². The minimum absolute atomic E-state index is 0.125. The molecule has 7 nitrogen and oxygen atoms in total. The van der Waals surface area contributed by atoms with Crippen LogP contribution in [-0.4, -0.2) is 24.6 Å². The number of carbonyl (C=O) groups is 1. The molecule has 0 bridgehead atoms. The molecule has 1 amide bonds. The molecule has 0 spiro atoms. The van der Waals surface area contributed by atoms with Crippen molar-refractivity contribution in [3.8, 4) is 11.5 Å². The summed E-state index contributed by atoms with van der Waals surface area (Å²) >= 11 is 7.33. The summed E-state index contributed by atoms with van der Waals surface area (Å²) in [5.41, 5.74) is 4.66. The molecule has 3 aromatic rings. The SMILES string of the molecule is COc1cc(NC(=O)COc2ccc(Cl)c(C)c2)cc2sc(NN)nc12. The molecule has 0 aliphatic rings. The van der Waals surface area contributed by atoms with Crippen LogP contribution >= 0.6 is 22.9 Å². The third kappa shape index (κ3) is 3.98. The quantitative estimate of drug-likeness (QED) is 0.438. The van der Waals surface area contributed by atoms with Crippen LogP contribution in [0.1, 0.15) is 5.56 Å². The van der Waals surface area contributed by atoms with Crippen molar-refractivity contribution in [3.05, 3.63) is 40.9 Å². The molecule has 0 radical (unpaired) electrons. The lowest BCUT2D eigenvalue weighted by atomic mass is 10.2. The standard InChI is InChI=1S/C17H17ClN4O3S/c1-9-5-11(3-4-12(9)18)25-8-15(23)20-10-6-13(24-2)16-14(7-10)26-17(21-16)22-19/h3-7H,8,19H2,1-2H3,(H,20,23)(H,21,22). The number of rotatable bonds is 6. The fourth-order valence-corrected chi connectivity index (χ4v) is 3.29.